The zero-order valence-electron chi connectivity index (χ0n) is 14.0. The molecule has 0 aliphatic carbocycles. The van der Waals surface area contributed by atoms with Crippen LogP contribution in [0.4, 0.5) is 5.69 Å². The summed E-state index contributed by atoms with van der Waals surface area (Å²) in [7, 11) is 0. The van der Waals surface area contributed by atoms with E-state index >= 15 is 0 Å². The van der Waals surface area contributed by atoms with Crippen LogP contribution in [0.25, 0.3) is 5.69 Å². The number of aromatic nitrogens is 1. The molecule has 136 valence electrons. The Hall–Kier alpha value is -3.55. The molecule has 26 heavy (non-hydrogen) atoms. The first-order chi connectivity index (χ1) is 12.6. The molecule has 0 amide bonds. The number of amidine groups is 1. The van der Waals surface area contributed by atoms with Gasteiger partial charge in [0.2, 0.25) is 0 Å². The van der Waals surface area contributed by atoms with Gasteiger partial charge in [-0.05, 0) is 24.3 Å². The molecule has 0 radical (unpaired) electrons. The number of aliphatic imine (C=N–C) groups is 1. The number of hydrogen-bond acceptors (Lipinski definition) is 5. The molecule has 0 saturated carbocycles. The van der Waals surface area contributed by atoms with Gasteiger partial charge in [-0.3, -0.25) is 4.99 Å². The Morgan fingerprint density at radius 2 is 1.77 bits per heavy atom. The van der Waals surface area contributed by atoms with Gasteiger partial charge in [0.25, 0.3) is 0 Å². The fourth-order valence-corrected chi connectivity index (χ4v) is 2.23. The second-order valence-corrected chi connectivity index (χ2v) is 5.23. The molecule has 3 rings (SSSR count). The lowest BCUT2D eigenvalue weighted by Crippen LogP contribution is -2.26. The minimum absolute atomic E-state index is 0.558. The number of nitrogens with zero attached hydrogens (tertiary/aromatic N) is 2. The molecule has 0 atom stereocenters. The molecule has 0 fully saturated rings. The van der Waals surface area contributed by atoms with E-state index in [2.05, 4.69) is 32.3 Å². The summed E-state index contributed by atoms with van der Waals surface area (Å²) >= 11 is 0. The molecule has 1 aliphatic heterocycles. The Kier molecular flexibility index (Phi) is 6.99. The van der Waals surface area contributed by atoms with Crippen molar-refractivity contribution in [3.05, 3.63) is 60.9 Å². The summed E-state index contributed by atoms with van der Waals surface area (Å²) in [5.74, 6) is -1.47. The second-order valence-electron chi connectivity index (χ2n) is 5.23. The SMILES string of the molecule is O=C(O)C=CC(=O)O.c1ccc(-n2cccc2)c(NCC2=NCCN2)c1. The monoisotopic (exact) mass is 356 g/mol. The van der Waals surface area contributed by atoms with Gasteiger partial charge in [0.1, 0.15) is 5.84 Å². The highest BCUT2D eigenvalue weighted by Crippen LogP contribution is 2.19. The van der Waals surface area contributed by atoms with E-state index in [0.717, 1.165) is 36.8 Å². The van der Waals surface area contributed by atoms with Crippen molar-refractivity contribution in [1.82, 2.24) is 9.88 Å². The maximum Gasteiger partial charge on any atom is 0.328 e. The summed E-state index contributed by atoms with van der Waals surface area (Å²) < 4.78 is 2.10. The molecule has 0 bridgehead atoms. The molecule has 4 N–H and O–H groups in total. The second kappa shape index (κ2) is 9.67. The predicted molar refractivity (Wildman–Crippen MR) is 99.0 cm³/mol. The van der Waals surface area contributed by atoms with E-state index in [1.54, 1.807) is 0 Å². The number of aliphatic carboxylic acids is 2. The number of anilines is 1. The molecule has 0 unspecified atom stereocenters. The predicted octanol–water partition coefficient (Wildman–Crippen LogP) is 1.60. The van der Waals surface area contributed by atoms with E-state index in [4.69, 9.17) is 10.2 Å². The van der Waals surface area contributed by atoms with E-state index in [1.165, 1.54) is 0 Å². The molecule has 8 nitrogen and oxygen atoms in total. The van der Waals surface area contributed by atoms with Gasteiger partial charge in [0.05, 0.1) is 24.5 Å². The number of nitrogens with one attached hydrogen (secondary N) is 2. The molecule has 8 heteroatoms. The molecular weight excluding hydrogens is 336 g/mol. The summed E-state index contributed by atoms with van der Waals surface area (Å²) in [5, 5.41) is 22.3. The first-order valence-electron chi connectivity index (χ1n) is 7.93. The summed E-state index contributed by atoms with van der Waals surface area (Å²) in [6.45, 7) is 2.59. The number of benzene rings is 1. The molecule has 2 aromatic rings. The molecule has 2 heterocycles. The Balaban J connectivity index is 0.000000260. The highest BCUT2D eigenvalue weighted by molar-refractivity contribution is 5.89. The van der Waals surface area contributed by atoms with Crippen LogP contribution < -0.4 is 10.6 Å². The van der Waals surface area contributed by atoms with Gasteiger partial charge in [-0.15, -0.1) is 0 Å². The largest absolute Gasteiger partial charge is 0.478 e. The van der Waals surface area contributed by atoms with E-state index in [-0.39, 0.29) is 0 Å². The van der Waals surface area contributed by atoms with Crippen LogP contribution in [0.3, 0.4) is 0 Å². The highest BCUT2D eigenvalue weighted by atomic mass is 16.4. The van der Waals surface area contributed by atoms with Crippen molar-refractivity contribution in [2.24, 2.45) is 4.99 Å². The number of carboxylic acids is 2. The molecule has 0 saturated heterocycles. The fraction of sp³-hybridized carbons (Fsp3) is 0.167. The van der Waals surface area contributed by atoms with Crippen molar-refractivity contribution in [2.45, 2.75) is 0 Å². The Morgan fingerprint density at radius 3 is 2.35 bits per heavy atom. The number of hydrogen-bond donors (Lipinski definition) is 4. The maximum absolute atomic E-state index is 9.55. The standard InChI is InChI=1S/C14H16N4.C4H4O4/c1-2-6-13(18-9-3-4-10-18)12(5-1)17-11-14-15-7-8-16-14;5-3(6)1-2-4(7)8/h1-6,9-10,17H,7-8,11H2,(H,15,16);1-2H,(H,5,6)(H,7,8). The minimum atomic E-state index is -1.26. The quantitative estimate of drug-likeness (QED) is 0.584. The normalized spacial score (nSPS) is 12.7. The summed E-state index contributed by atoms with van der Waals surface area (Å²) in [6.07, 6.45) is 5.21. The van der Waals surface area contributed by atoms with Crippen LogP contribution in [0.15, 0.2) is 65.9 Å². The highest BCUT2D eigenvalue weighted by Gasteiger charge is 2.06. The minimum Gasteiger partial charge on any atom is -0.478 e. The van der Waals surface area contributed by atoms with Gasteiger partial charge in [-0.2, -0.15) is 0 Å². The Bertz CT molecular complexity index is 781. The van der Waals surface area contributed by atoms with Gasteiger partial charge < -0.3 is 25.4 Å². The zero-order valence-corrected chi connectivity index (χ0v) is 14.0. The Labute approximate surface area is 150 Å². The van der Waals surface area contributed by atoms with Crippen molar-refractivity contribution in [3.8, 4) is 5.69 Å². The average Bonchev–Trinajstić information content (AvgIpc) is 3.33. The third kappa shape index (κ3) is 6.16. The first kappa shape index (κ1) is 18.8. The Morgan fingerprint density at radius 1 is 1.12 bits per heavy atom. The van der Waals surface area contributed by atoms with Crippen LogP contribution in [0, 0.1) is 0 Å². The maximum atomic E-state index is 9.55. The smallest absolute Gasteiger partial charge is 0.328 e. The molecular formula is C18H20N4O4. The van der Waals surface area contributed by atoms with Crippen molar-refractivity contribution in [2.75, 3.05) is 25.0 Å². The van der Waals surface area contributed by atoms with Crippen LogP contribution in [0.5, 0.6) is 0 Å². The van der Waals surface area contributed by atoms with E-state index in [0.29, 0.717) is 12.2 Å². The third-order valence-electron chi connectivity index (χ3n) is 3.34. The number of carboxylic acid groups (broad SMARTS) is 2. The average molecular weight is 356 g/mol. The third-order valence-corrected chi connectivity index (χ3v) is 3.34. The van der Waals surface area contributed by atoms with Gasteiger partial charge in [0.15, 0.2) is 0 Å². The summed E-state index contributed by atoms with van der Waals surface area (Å²) in [5.41, 5.74) is 2.27. The molecule has 0 spiro atoms. The van der Waals surface area contributed by atoms with Gasteiger partial charge in [-0.25, -0.2) is 9.59 Å². The van der Waals surface area contributed by atoms with Gasteiger partial charge in [0, 0.05) is 31.1 Å². The number of rotatable bonds is 6. The van der Waals surface area contributed by atoms with Crippen molar-refractivity contribution < 1.29 is 19.8 Å². The lowest BCUT2D eigenvalue weighted by molar-refractivity contribution is -0.134. The van der Waals surface area contributed by atoms with Crippen LogP contribution in [0.2, 0.25) is 0 Å². The van der Waals surface area contributed by atoms with E-state index in [1.807, 2.05) is 36.7 Å². The lowest BCUT2D eigenvalue weighted by atomic mass is 10.2. The number of carbonyl (C=O) groups is 2. The summed E-state index contributed by atoms with van der Waals surface area (Å²) in [6, 6.07) is 12.3. The van der Waals surface area contributed by atoms with E-state index in [9.17, 15) is 9.59 Å². The van der Waals surface area contributed by atoms with Crippen LogP contribution in [-0.4, -0.2) is 52.2 Å². The van der Waals surface area contributed by atoms with Crippen molar-refractivity contribution >= 4 is 23.5 Å². The molecule has 1 aliphatic rings. The topological polar surface area (TPSA) is 116 Å². The van der Waals surface area contributed by atoms with Crippen molar-refractivity contribution in [3.63, 3.8) is 0 Å². The molecule has 1 aromatic carbocycles. The van der Waals surface area contributed by atoms with E-state index < -0.39 is 11.9 Å². The zero-order chi connectivity index (χ0) is 18.8. The lowest BCUT2D eigenvalue weighted by Gasteiger charge is -2.13. The van der Waals surface area contributed by atoms with Crippen molar-refractivity contribution in [1.29, 1.82) is 0 Å². The summed E-state index contributed by atoms with van der Waals surface area (Å²) in [4.78, 5) is 23.5. The van der Waals surface area contributed by atoms with Crippen LogP contribution in [-0.2, 0) is 9.59 Å². The molecule has 1 aromatic heterocycles. The fourth-order valence-electron chi connectivity index (χ4n) is 2.23. The number of para-hydroxylation sites is 2. The van der Waals surface area contributed by atoms with Gasteiger partial charge in [-0.1, -0.05) is 12.1 Å². The first-order valence-corrected chi connectivity index (χ1v) is 7.93. The van der Waals surface area contributed by atoms with Gasteiger partial charge >= 0.3 is 11.9 Å². The van der Waals surface area contributed by atoms with Crippen LogP contribution in [0.1, 0.15) is 0 Å². The van der Waals surface area contributed by atoms with Crippen LogP contribution >= 0.6 is 0 Å².